The van der Waals surface area contributed by atoms with Gasteiger partial charge in [0.15, 0.2) is 0 Å². The molecular formula is C16H12Cl2N4O. The van der Waals surface area contributed by atoms with Crippen molar-refractivity contribution in [3.8, 4) is 17.2 Å². The van der Waals surface area contributed by atoms with E-state index in [1.54, 1.807) is 12.1 Å². The van der Waals surface area contributed by atoms with E-state index >= 15 is 0 Å². The monoisotopic (exact) mass is 346 g/mol. The topological polar surface area (TPSA) is 66.5 Å². The van der Waals surface area contributed by atoms with Crippen molar-refractivity contribution in [1.82, 2.24) is 19.7 Å². The van der Waals surface area contributed by atoms with Gasteiger partial charge >= 0.3 is 0 Å². The Kier molecular flexibility index (Phi) is 3.98. The van der Waals surface area contributed by atoms with Crippen LogP contribution in [0.2, 0.25) is 5.02 Å². The minimum atomic E-state index is -0.177. The van der Waals surface area contributed by atoms with Crippen LogP contribution in [0.5, 0.6) is 0 Å². The van der Waals surface area contributed by atoms with E-state index in [1.807, 2.05) is 36.4 Å². The van der Waals surface area contributed by atoms with Crippen LogP contribution in [0.4, 0.5) is 0 Å². The first-order chi connectivity index (χ1) is 10.7. The maximum absolute atomic E-state index is 12.2. The number of hydrogen-bond donors (Lipinski definition) is 2. The third-order valence-electron chi connectivity index (χ3n) is 3.46. The number of aromatic nitrogens is 4. The molecule has 23 heavy (non-hydrogen) atoms. The SMILES string of the molecule is Cl.O=c1cc(-c2ccc(Cl)cc2)[nH]n1-c1nc2ccccc2[nH]1. The average molecular weight is 347 g/mol. The number of halogens is 2. The Morgan fingerprint density at radius 1 is 1.04 bits per heavy atom. The highest BCUT2D eigenvalue weighted by molar-refractivity contribution is 6.30. The third kappa shape index (κ3) is 2.76. The average Bonchev–Trinajstić information content (AvgIpc) is 3.11. The molecule has 0 saturated heterocycles. The molecule has 0 atom stereocenters. The highest BCUT2D eigenvalue weighted by Crippen LogP contribution is 2.19. The Morgan fingerprint density at radius 3 is 2.52 bits per heavy atom. The van der Waals surface area contributed by atoms with E-state index in [2.05, 4.69) is 15.1 Å². The molecule has 0 bridgehead atoms. The standard InChI is InChI=1S/C16H11ClN4O.ClH/c17-11-7-5-10(6-8-11)14-9-15(22)21(20-14)16-18-12-3-1-2-4-13(12)19-16;/h1-9,20H,(H,18,19);1H. The van der Waals surface area contributed by atoms with Gasteiger partial charge in [-0.15, -0.1) is 12.4 Å². The first-order valence-corrected chi connectivity index (χ1v) is 7.12. The van der Waals surface area contributed by atoms with E-state index in [4.69, 9.17) is 11.6 Å². The normalized spacial score (nSPS) is 10.7. The smallest absolute Gasteiger partial charge is 0.274 e. The van der Waals surface area contributed by atoms with Crippen LogP contribution in [0.1, 0.15) is 0 Å². The largest absolute Gasteiger partial charge is 0.322 e. The molecule has 0 saturated carbocycles. The van der Waals surface area contributed by atoms with Crippen molar-refractivity contribution in [1.29, 1.82) is 0 Å². The van der Waals surface area contributed by atoms with E-state index in [1.165, 1.54) is 10.7 Å². The summed E-state index contributed by atoms with van der Waals surface area (Å²) in [5.74, 6) is 0.464. The fourth-order valence-corrected chi connectivity index (χ4v) is 2.50. The number of benzene rings is 2. The van der Waals surface area contributed by atoms with Gasteiger partial charge < -0.3 is 4.98 Å². The van der Waals surface area contributed by atoms with Gasteiger partial charge in [-0.2, -0.15) is 4.68 Å². The molecule has 4 aromatic rings. The van der Waals surface area contributed by atoms with Crippen molar-refractivity contribution in [3.05, 3.63) is 70.0 Å². The molecule has 2 heterocycles. The number of para-hydroxylation sites is 2. The highest BCUT2D eigenvalue weighted by Gasteiger charge is 2.10. The Bertz CT molecular complexity index is 981. The zero-order chi connectivity index (χ0) is 15.1. The van der Waals surface area contributed by atoms with Gasteiger partial charge in [-0.05, 0) is 29.8 Å². The quantitative estimate of drug-likeness (QED) is 0.579. The second kappa shape index (κ2) is 5.95. The van der Waals surface area contributed by atoms with Crippen molar-refractivity contribution in [2.45, 2.75) is 0 Å². The molecule has 2 aromatic heterocycles. The molecule has 0 radical (unpaired) electrons. The van der Waals surface area contributed by atoms with E-state index in [0.717, 1.165) is 16.6 Å². The molecule has 0 spiro atoms. The molecule has 0 aliphatic heterocycles. The predicted molar refractivity (Wildman–Crippen MR) is 93.7 cm³/mol. The molecule has 0 amide bonds. The lowest BCUT2D eigenvalue weighted by atomic mass is 10.2. The van der Waals surface area contributed by atoms with Crippen LogP contribution in [0.25, 0.3) is 28.2 Å². The number of nitrogens with one attached hydrogen (secondary N) is 2. The second-order valence-corrected chi connectivity index (χ2v) is 5.36. The number of H-pyrrole nitrogens is 2. The van der Waals surface area contributed by atoms with Gasteiger partial charge in [0.25, 0.3) is 5.56 Å². The fourth-order valence-electron chi connectivity index (χ4n) is 2.38. The number of nitrogens with zero attached hydrogens (tertiary/aromatic N) is 2. The fraction of sp³-hybridized carbons (Fsp3) is 0. The molecule has 0 unspecified atom stereocenters. The van der Waals surface area contributed by atoms with Gasteiger partial charge in [0.05, 0.1) is 16.7 Å². The van der Waals surface area contributed by atoms with Crippen LogP contribution in [-0.2, 0) is 0 Å². The summed E-state index contributed by atoms with van der Waals surface area (Å²) >= 11 is 5.88. The first-order valence-electron chi connectivity index (χ1n) is 6.74. The lowest BCUT2D eigenvalue weighted by Gasteiger charge is -1.99. The Labute approximate surface area is 142 Å². The summed E-state index contributed by atoms with van der Waals surface area (Å²) in [5, 5.41) is 3.72. The summed E-state index contributed by atoms with van der Waals surface area (Å²) in [6.07, 6.45) is 0. The number of aromatic amines is 2. The van der Waals surface area contributed by atoms with E-state index < -0.39 is 0 Å². The number of imidazole rings is 1. The maximum atomic E-state index is 12.2. The van der Waals surface area contributed by atoms with E-state index in [9.17, 15) is 4.79 Å². The van der Waals surface area contributed by atoms with Crippen molar-refractivity contribution in [2.24, 2.45) is 0 Å². The van der Waals surface area contributed by atoms with Crippen LogP contribution in [0.15, 0.2) is 59.4 Å². The molecule has 0 aliphatic rings. The number of rotatable bonds is 2. The zero-order valence-electron chi connectivity index (χ0n) is 11.8. The second-order valence-electron chi connectivity index (χ2n) is 4.93. The molecular weight excluding hydrogens is 335 g/mol. The summed E-state index contributed by atoms with van der Waals surface area (Å²) in [4.78, 5) is 19.7. The summed E-state index contributed by atoms with van der Waals surface area (Å²) in [6, 6.07) is 16.5. The number of fused-ring (bicyclic) bond motifs is 1. The highest BCUT2D eigenvalue weighted by atomic mass is 35.5. The van der Waals surface area contributed by atoms with Crippen molar-refractivity contribution in [2.75, 3.05) is 0 Å². The molecule has 7 heteroatoms. The first kappa shape index (κ1) is 15.4. The third-order valence-corrected chi connectivity index (χ3v) is 3.72. The van der Waals surface area contributed by atoms with Gasteiger partial charge in [-0.1, -0.05) is 35.9 Å². The maximum Gasteiger partial charge on any atom is 0.274 e. The lowest BCUT2D eigenvalue weighted by Crippen LogP contribution is -2.14. The Hall–Kier alpha value is -2.50. The van der Waals surface area contributed by atoms with Gasteiger partial charge in [-0.3, -0.25) is 9.89 Å². The van der Waals surface area contributed by atoms with Crippen molar-refractivity contribution in [3.63, 3.8) is 0 Å². The van der Waals surface area contributed by atoms with Gasteiger partial charge in [0, 0.05) is 11.1 Å². The summed E-state index contributed by atoms with van der Waals surface area (Å²) in [5.41, 5.74) is 3.11. The van der Waals surface area contributed by atoms with Crippen LogP contribution >= 0.6 is 24.0 Å². The minimum absolute atomic E-state index is 0. The van der Waals surface area contributed by atoms with Crippen LogP contribution in [-0.4, -0.2) is 19.7 Å². The van der Waals surface area contributed by atoms with Crippen molar-refractivity contribution >= 4 is 35.0 Å². The van der Waals surface area contributed by atoms with Crippen LogP contribution in [0, 0.1) is 0 Å². The summed E-state index contributed by atoms with van der Waals surface area (Å²) in [6.45, 7) is 0. The number of hydrogen-bond acceptors (Lipinski definition) is 2. The zero-order valence-corrected chi connectivity index (χ0v) is 13.4. The Balaban J connectivity index is 0.00000156. The molecule has 2 aromatic carbocycles. The van der Waals surface area contributed by atoms with Crippen molar-refractivity contribution < 1.29 is 0 Å². The predicted octanol–water partition coefficient (Wildman–Crippen LogP) is 3.78. The van der Waals surface area contributed by atoms with Crippen LogP contribution < -0.4 is 5.56 Å². The molecule has 5 nitrogen and oxygen atoms in total. The summed E-state index contributed by atoms with van der Waals surface area (Å²) < 4.78 is 1.39. The summed E-state index contributed by atoms with van der Waals surface area (Å²) in [7, 11) is 0. The molecule has 0 aliphatic carbocycles. The minimum Gasteiger partial charge on any atom is -0.322 e. The van der Waals surface area contributed by atoms with Gasteiger partial charge in [0.1, 0.15) is 0 Å². The van der Waals surface area contributed by atoms with Gasteiger partial charge in [0.2, 0.25) is 5.95 Å². The molecule has 0 fully saturated rings. The van der Waals surface area contributed by atoms with Crippen LogP contribution in [0.3, 0.4) is 0 Å². The van der Waals surface area contributed by atoms with E-state index in [-0.39, 0.29) is 18.0 Å². The molecule has 4 rings (SSSR count). The Morgan fingerprint density at radius 2 is 1.78 bits per heavy atom. The molecule has 116 valence electrons. The van der Waals surface area contributed by atoms with Gasteiger partial charge in [-0.25, -0.2) is 4.98 Å². The van der Waals surface area contributed by atoms with E-state index in [0.29, 0.717) is 16.7 Å². The lowest BCUT2D eigenvalue weighted by molar-refractivity contribution is 0.804. The molecule has 2 N–H and O–H groups in total.